The molecule has 1 heterocycles. The molecule has 0 aliphatic heterocycles. The normalized spacial score (nSPS) is 11.1. The Morgan fingerprint density at radius 2 is 2.11 bits per heavy atom. The molecule has 0 saturated heterocycles. The highest BCUT2D eigenvalue weighted by Crippen LogP contribution is 2.12. The van der Waals surface area contributed by atoms with Crippen LogP contribution in [0.25, 0.3) is 0 Å². The molecular formula is C10H17N5O2S. The number of thioether (sulfide) groups is 1. The van der Waals surface area contributed by atoms with Gasteiger partial charge in [-0.1, -0.05) is 11.8 Å². The molecule has 0 fully saturated rings. The van der Waals surface area contributed by atoms with Crippen molar-refractivity contribution >= 4 is 23.7 Å². The first-order valence-corrected chi connectivity index (χ1v) is 6.35. The molecule has 0 bridgehead atoms. The summed E-state index contributed by atoms with van der Waals surface area (Å²) in [5, 5.41) is 13.0. The number of carbonyl (C=O) groups excluding carboxylic acids is 2. The summed E-state index contributed by atoms with van der Waals surface area (Å²) in [7, 11) is 1.78. The molecule has 100 valence electrons. The third kappa shape index (κ3) is 5.17. The molecule has 0 radical (unpaired) electrons. The predicted molar refractivity (Wildman–Crippen MR) is 68.2 cm³/mol. The first-order valence-electron chi connectivity index (χ1n) is 5.37. The van der Waals surface area contributed by atoms with Crippen LogP contribution in [0.2, 0.25) is 0 Å². The number of amides is 3. The van der Waals surface area contributed by atoms with E-state index in [-0.39, 0.29) is 17.2 Å². The molecule has 0 aliphatic rings. The van der Waals surface area contributed by atoms with Crippen LogP contribution < -0.4 is 10.6 Å². The Balaban J connectivity index is 2.34. The van der Waals surface area contributed by atoms with Crippen LogP contribution in [-0.4, -0.2) is 38.0 Å². The van der Waals surface area contributed by atoms with Crippen molar-refractivity contribution in [1.29, 1.82) is 0 Å². The third-order valence-corrected chi connectivity index (χ3v) is 2.78. The van der Waals surface area contributed by atoms with Gasteiger partial charge < -0.3 is 9.88 Å². The van der Waals surface area contributed by atoms with Crippen LogP contribution in [0.1, 0.15) is 20.8 Å². The number of urea groups is 1. The zero-order valence-electron chi connectivity index (χ0n) is 10.9. The molecule has 7 nitrogen and oxygen atoms in total. The molecule has 0 aliphatic carbocycles. The maximum absolute atomic E-state index is 11.5. The fourth-order valence-corrected chi connectivity index (χ4v) is 1.76. The average Bonchev–Trinajstić information content (AvgIpc) is 2.57. The molecule has 1 aromatic rings. The van der Waals surface area contributed by atoms with E-state index in [0.717, 1.165) is 0 Å². The van der Waals surface area contributed by atoms with E-state index in [0.29, 0.717) is 5.16 Å². The number of aryl methyl sites for hydroxylation is 1. The molecule has 0 atom stereocenters. The Morgan fingerprint density at radius 1 is 1.44 bits per heavy atom. The standard InChI is InChI=1S/C10H17N5O2S/c1-10(2,3)13-8(17)12-7(16)5-18-9-14-11-6-15(9)4/h6H,5H2,1-4H3,(H2,12,13,16,17). The largest absolute Gasteiger partial charge is 0.333 e. The minimum atomic E-state index is -0.494. The number of hydrogen-bond donors (Lipinski definition) is 2. The average molecular weight is 271 g/mol. The molecule has 8 heteroatoms. The topological polar surface area (TPSA) is 88.9 Å². The smallest absolute Gasteiger partial charge is 0.321 e. The van der Waals surface area contributed by atoms with E-state index in [1.807, 2.05) is 20.8 Å². The highest BCUT2D eigenvalue weighted by molar-refractivity contribution is 7.99. The van der Waals surface area contributed by atoms with Crippen molar-refractivity contribution in [2.24, 2.45) is 7.05 Å². The first kappa shape index (κ1) is 14.5. The third-order valence-electron chi connectivity index (χ3n) is 1.74. The van der Waals surface area contributed by atoms with E-state index in [1.54, 1.807) is 17.9 Å². The molecule has 2 N–H and O–H groups in total. The van der Waals surface area contributed by atoms with E-state index in [9.17, 15) is 9.59 Å². The molecule has 3 amide bonds. The van der Waals surface area contributed by atoms with Gasteiger partial charge in [0.15, 0.2) is 5.16 Å². The summed E-state index contributed by atoms with van der Waals surface area (Å²) in [6.07, 6.45) is 1.55. The van der Waals surface area contributed by atoms with Crippen LogP contribution in [-0.2, 0) is 11.8 Å². The lowest BCUT2D eigenvalue weighted by molar-refractivity contribution is -0.117. The summed E-state index contributed by atoms with van der Waals surface area (Å²) in [6.45, 7) is 5.52. The van der Waals surface area contributed by atoms with Gasteiger partial charge in [0.2, 0.25) is 5.91 Å². The lowest BCUT2D eigenvalue weighted by Gasteiger charge is -2.20. The number of carbonyl (C=O) groups is 2. The number of hydrogen-bond acceptors (Lipinski definition) is 5. The van der Waals surface area contributed by atoms with Crippen molar-refractivity contribution < 1.29 is 9.59 Å². The van der Waals surface area contributed by atoms with E-state index in [1.165, 1.54) is 11.8 Å². The summed E-state index contributed by atoms with van der Waals surface area (Å²) in [5.74, 6) is -0.255. The first-order chi connectivity index (χ1) is 8.28. The Hall–Kier alpha value is -1.57. The summed E-state index contributed by atoms with van der Waals surface area (Å²) in [6, 6.07) is -0.494. The van der Waals surface area contributed by atoms with Gasteiger partial charge in [0, 0.05) is 12.6 Å². The number of nitrogens with zero attached hydrogens (tertiary/aromatic N) is 3. The van der Waals surface area contributed by atoms with Crippen molar-refractivity contribution in [3.05, 3.63) is 6.33 Å². The van der Waals surface area contributed by atoms with E-state index in [2.05, 4.69) is 20.8 Å². The summed E-state index contributed by atoms with van der Waals surface area (Å²) < 4.78 is 1.70. The highest BCUT2D eigenvalue weighted by atomic mass is 32.2. The summed E-state index contributed by atoms with van der Waals surface area (Å²) in [4.78, 5) is 22.9. The fraction of sp³-hybridized carbons (Fsp3) is 0.600. The van der Waals surface area contributed by atoms with Gasteiger partial charge in [-0.2, -0.15) is 0 Å². The van der Waals surface area contributed by atoms with Gasteiger partial charge in [-0.25, -0.2) is 4.79 Å². The zero-order chi connectivity index (χ0) is 13.8. The molecule has 0 spiro atoms. The maximum atomic E-state index is 11.5. The zero-order valence-corrected chi connectivity index (χ0v) is 11.7. The van der Waals surface area contributed by atoms with Crippen LogP contribution in [0.5, 0.6) is 0 Å². The SMILES string of the molecule is Cn1cnnc1SCC(=O)NC(=O)NC(C)(C)C. The maximum Gasteiger partial charge on any atom is 0.321 e. The minimum Gasteiger partial charge on any atom is -0.333 e. The molecule has 0 aromatic carbocycles. The Kier molecular flexibility index (Phi) is 4.71. The molecule has 0 saturated carbocycles. The van der Waals surface area contributed by atoms with Crippen LogP contribution in [0.15, 0.2) is 11.5 Å². The number of nitrogens with one attached hydrogen (secondary N) is 2. The molecule has 18 heavy (non-hydrogen) atoms. The van der Waals surface area contributed by atoms with Crippen LogP contribution >= 0.6 is 11.8 Å². The van der Waals surface area contributed by atoms with Gasteiger partial charge in [0.1, 0.15) is 6.33 Å². The Labute approximate surface area is 110 Å². The van der Waals surface area contributed by atoms with Crippen molar-refractivity contribution in [1.82, 2.24) is 25.4 Å². The summed E-state index contributed by atoms with van der Waals surface area (Å²) in [5.41, 5.74) is -0.374. The number of aromatic nitrogens is 3. The van der Waals surface area contributed by atoms with Crippen LogP contribution in [0, 0.1) is 0 Å². The fourth-order valence-electron chi connectivity index (χ4n) is 1.07. The lowest BCUT2D eigenvalue weighted by atomic mass is 10.1. The Morgan fingerprint density at radius 3 is 2.61 bits per heavy atom. The number of rotatable bonds is 3. The van der Waals surface area contributed by atoms with Crippen LogP contribution in [0.4, 0.5) is 4.79 Å². The van der Waals surface area contributed by atoms with E-state index in [4.69, 9.17) is 0 Å². The van der Waals surface area contributed by atoms with Crippen molar-refractivity contribution in [2.45, 2.75) is 31.5 Å². The lowest BCUT2D eigenvalue weighted by Crippen LogP contribution is -2.48. The second-order valence-electron chi connectivity index (χ2n) is 4.77. The molecular weight excluding hydrogens is 254 g/mol. The van der Waals surface area contributed by atoms with Crippen molar-refractivity contribution in [3.63, 3.8) is 0 Å². The second-order valence-corrected chi connectivity index (χ2v) is 5.71. The van der Waals surface area contributed by atoms with Gasteiger partial charge in [0.05, 0.1) is 5.75 Å². The van der Waals surface area contributed by atoms with Crippen LogP contribution in [0.3, 0.4) is 0 Å². The van der Waals surface area contributed by atoms with Crippen molar-refractivity contribution in [2.75, 3.05) is 5.75 Å². The monoisotopic (exact) mass is 271 g/mol. The van der Waals surface area contributed by atoms with Gasteiger partial charge in [-0.3, -0.25) is 10.1 Å². The van der Waals surface area contributed by atoms with Crippen molar-refractivity contribution in [3.8, 4) is 0 Å². The van der Waals surface area contributed by atoms with Gasteiger partial charge >= 0.3 is 6.03 Å². The van der Waals surface area contributed by atoms with E-state index >= 15 is 0 Å². The second kappa shape index (κ2) is 5.85. The molecule has 1 rings (SSSR count). The van der Waals surface area contributed by atoms with Gasteiger partial charge in [0.25, 0.3) is 0 Å². The predicted octanol–water partition coefficient (Wildman–Crippen LogP) is 0.531. The summed E-state index contributed by atoms with van der Waals surface area (Å²) >= 11 is 1.22. The minimum absolute atomic E-state index is 0.115. The quantitative estimate of drug-likeness (QED) is 0.783. The molecule has 0 unspecified atom stereocenters. The number of imide groups is 1. The van der Waals surface area contributed by atoms with Gasteiger partial charge in [-0.05, 0) is 20.8 Å². The highest BCUT2D eigenvalue weighted by Gasteiger charge is 2.16. The Bertz CT molecular complexity index is 438. The molecule has 1 aromatic heterocycles. The van der Waals surface area contributed by atoms with E-state index < -0.39 is 6.03 Å². The van der Waals surface area contributed by atoms with Gasteiger partial charge in [-0.15, -0.1) is 10.2 Å².